The van der Waals surface area contributed by atoms with Crippen molar-refractivity contribution < 1.29 is 0 Å². The third-order valence-corrected chi connectivity index (χ3v) is 2.93. The van der Waals surface area contributed by atoms with E-state index >= 15 is 0 Å². The Labute approximate surface area is 135 Å². The molecule has 0 saturated heterocycles. The van der Waals surface area contributed by atoms with Gasteiger partial charge in [0.05, 0.1) is 0 Å². The molecule has 0 nitrogen and oxygen atoms in total. The maximum absolute atomic E-state index is 2.23. The fourth-order valence-electron chi connectivity index (χ4n) is 1.77. The summed E-state index contributed by atoms with van der Waals surface area (Å²) in [7, 11) is 0. The maximum Gasteiger partial charge on any atom is -0.0347 e. The molecule has 0 aliphatic heterocycles. The summed E-state index contributed by atoms with van der Waals surface area (Å²) in [6.07, 6.45) is 42.0. The Kier molecular flexibility index (Phi) is 12.1. The summed E-state index contributed by atoms with van der Waals surface area (Å²) in [6, 6.07) is 0. The van der Waals surface area contributed by atoms with Crippen LogP contribution >= 0.6 is 0 Å². The maximum atomic E-state index is 2.23. The zero-order valence-corrected chi connectivity index (χ0v) is 13.2. The molecular weight excluding hydrogens is 264 g/mol. The van der Waals surface area contributed by atoms with Crippen molar-refractivity contribution in [3.63, 3.8) is 0 Å². The highest BCUT2D eigenvalue weighted by molar-refractivity contribution is 5.21. The lowest BCUT2D eigenvalue weighted by Crippen LogP contribution is -1.71. The average Bonchev–Trinajstić information content (AvgIpc) is 2.53. The lowest BCUT2D eigenvalue weighted by molar-refractivity contribution is 0.762. The molecule has 0 bridgehead atoms. The first-order chi connectivity index (χ1) is 11.0. The van der Waals surface area contributed by atoms with Gasteiger partial charge in [-0.3, -0.25) is 0 Å². The molecule has 0 heterocycles. The molecule has 1 aliphatic rings. The van der Waals surface area contributed by atoms with Crippen LogP contribution in [-0.4, -0.2) is 0 Å². The second-order valence-electron chi connectivity index (χ2n) is 4.84. The molecule has 114 valence electrons. The van der Waals surface area contributed by atoms with Gasteiger partial charge in [-0.1, -0.05) is 109 Å². The number of rotatable bonds is 0. The lowest BCUT2D eigenvalue weighted by Gasteiger charge is -1.91. The first-order valence-corrected chi connectivity index (χ1v) is 7.98. The summed E-state index contributed by atoms with van der Waals surface area (Å²) >= 11 is 0. The zero-order chi connectivity index (χ0) is 15.6. The summed E-state index contributed by atoms with van der Waals surface area (Å²) in [5, 5.41) is 0. The highest BCUT2D eigenvalue weighted by Crippen LogP contribution is 2.02. The Morgan fingerprint density at radius 3 is 0.773 bits per heavy atom. The molecule has 0 spiro atoms. The highest BCUT2D eigenvalue weighted by Gasteiger charge is 1.82. The Morgan fingerprint density at radius 1 is 0.273 bits per heavy atom. The molecule has 0 aromatic carbocycles. The predicted octanol–water partition coefficient (Wildman–Crippen LogP) is 6.57. The van der Waals surface area contributed by atoms with Crippen LogP contribution < -0.4 is 0 Å². The molecular formula is C22H26. The average molecular weight is 290 g/mol. The van der Waals surface area contributed by atoms with Crippen molar-refractivity contribution in [1.82, 2.24) is 0 Å². The van der Waals surface area contributed by atoms with E-state index in [1.54, 1.807) is 0 Å². The van der Waals surface area contributed by atoms with Crippen LogP contribution in [0.5, 0.6) is 0 Å². The van der Waals surface area contributed by atoms with E-state index in [9.17, 15) is 0 Å². The first kappa shape index (κ1) is 17.7. The summed E-state index contributed by atoms with van der Waals surface area (Å²) in [5.41, 5.74) is 0. The van der Waals surface area contributed by atoms with Crippen molar-refractivity contribution in [3.05, 3.63) is 109 Å². The van der Waals surface area contributed by atoms with Crippen LogP contribution in [0.4, 0.5) is 0 Å². The van der Waals surface area contributed by atoms with Gasteiger partial charge < -0.3 is 0 Å². The van der Waals surface area contributed by atoms with E-state index in [1.807, 2.05) is 60.8 Å². The fourth-order valence-corrected chi connectivity index (χ4v) is 1.77. The van der Waals surface area contributed by atoms with E-state index in [-0.39, 0.29) is 0 Å². The predicted molar refractivity (Wildman–Crippen MR) is 101 cm³/mol. The Hall–Kier alpha value is -2.34. The van der Waals surface area contributed by atoms with E-state index in [4.69, 9.17) is 0 Å². The minimum Gasteiger partial charge on any atom is -0.0845 e. The van der Waals surface area contributed by atoms with Crippen LogP contribution in [0, 0.1) is 0 Å². The molecule has 0 aromatic heterocycles. The van der Waals surface area contributed by atoms with E-state index in [2.05, 4.69) is 48.6 Å². The van der Waals surface area contributed by atoms with Crippen LogP contribution in [0.25, 0.3) is 0 Å². The van der Waals surface area contributed by atoms with Crippen molar-refractivity contribution in [2.75, 3.05) is 0 Å². The second-order valence-corrected chi connectivity index (χ2v) is 4.84. The van der Waals surface area contributed by atoms with Crippen molar-refractivity contribution in [1.29, 1.82) is 0 Å². The Balaban J connectivity index is 2.53. The number of hydrogen-bond acceptors (Lipinski definition) is 0. The zero-order valence-electron chi connectivity index (χ0n) is 13.2. The van der Waals surface area contributed by atoms with Gasteiger partial charge in [-0.2, -0.15) is 0 Å². The van der Waals surface area contributed by atoms with Gasteiger partial charge in [-0.05, 0) is 25.7 Å². The largest absolute Gasteiger partial charge is 0.0845 e. The molecule has 0 N–H and O–H groups in total. The van der Waals surface area contributed by atoms with Crippen LogP contribution in [0.15, 0.2) is 109 Å². The topological polar surface area (TPSA) is 0 Å². The van der Waals surface area contributed by atoms with Crippen LogP contribution in [-0.2, 0) is 0 Å². The smallest absolute Gasteiger partial charge is 0.0347 e. The van der Waals surface area contributed by atoms with Gasteiger partial charge >= 0.3 is 0 Å². The first-order valence-electron chi connectivity index (χ1n) is 7.98. The van der Waals surface area contributed by atoms with Gasteiger partial charge in [0, 0.05) is 0 Å². The monoisotopic (exact) mass is 290 g/mol. The summed E-state index contributed by atoms with van der Waals surface area (Å²) in [6.45, 7) is 0. The molecule has 22 heavy (non-hydrogen) atoms. The van der Waals surface area contributed by atoms with Gasteiger partial charge in [-0.15, -0.1) is 0 Å². The van der Waals surface area contributed by atoms with Crippen molar-refractivity contribution in [3.8, 4) is 0 Å². The van der Waals surface area contributed by atoms with Gasteiger partial charge in [0.15, 0.2) is 0 Å². The van der Waals surface area contributed by atoms with Crippen LogP contribution in [0.3, 0.4) is 0 Å². The molecule has 0 fully saturated rings. The van der Waals surface area contributed by atoms with Crippen molar-refractivity contribution in [2.24, 2.45) is 0 Å². The number of hydrogen-bond donors (Lipinski definition) is 0. The van der Waals surface area contributed by atoms with E-state index in [0.29, 0.717) is 0 Å². The minimum atomic E-state index is 1.15. The molecule has 0 amide bonds. The normalized spacial score (nSPS) is 29.1. The van der Waals surface area contributed by atoms with Crippen LogP contribution in [0.1, 0.15) is 25.7 Å². The summed E-state index contributed by atoms with van der Waals surface area (Å²) in [4.78, 5) is 0. The summed E-state index contributed by atoms with van der Waals surface area (Å²) in [5.74, 6) is 0. The minimum absolute atomic E-state index is 1.15. The van der Waals surface area contributed by atoms with E-state index in [1.165, 1.54) is 12.8 Å². The van der Waals surface area contributed by atoms with E-state index in [0.717, 1.165) is 12.8 Å². The lowest BCUT2D eigenvalue weighted by atomic mass is 10.2. The molecule has 0 radical (unpaired) electrons. The Morgan fingerprint density at radius 2 is 0.500 bits per heavy atom. The van der Waals surface area contributed by atoms with E-state index < -0.39 is 0 Å². The summed E-state index contributed by atoms with van der Waals surface area (Å²) < 4.78 is 0. The van der Waals surface area contributed by atoms with Gasteiger partial charge in [0.1, 0.15) is 0 Å². The fraction of sp³-hybridized carbons (Fsp3) is 0.182. The molecule has 0 heteroatoms. The number of allylic oxidation sites excluding steroid dienone is 18. The third-order valence-electron chi connectivity index (χ3n) is 2.93. The van der Waals surface area contributed by atoms with Gasteiger partial charge in [0.25, 0.3) is 0 Å². The molecule has 0 unspecified atom stereocenters. The van der Waals surface area contributed by atoms with Gasteiger partial charge in [-0.25, -0.2) is 0 Å². The second kappa shape index (κ2) is 15.1. The quantitative estimate of drug-likeness (QED) is 0.473. The standard InChI is InChI=1S/C22H26/c1-2-4-6-8-10-12-14-16-18-20-22-21-19-17-15-13-11-9-7-5-3-1/h1-18H,19-22H2/b2-1+,5-3+,6-4+,9-7-,10-8-,13-11+,14-12+,17-15+,18-16?. The molecule has 0 aromatic rings. The molecule has 0 atom stereocenters. The molecule has 1 aliphatic carbocycles. The molecule has 1 rings (SSSR count). The van der Waals surface area contributed by atoms with Crippen LogP contribution in [0.2, 0.25) is 0 Å². The van der Waals surface area contributed by atoms with Gasteiger partial charge in [0.2, 0.25) is 0 Å². The highest BCUT2D eigenvalue weighted by atomic mass is 13.9. The third kappa shape index (κ3) is 12.7. The van der Waals surface area contributed by atoms with Crippen molar-refractivity contribution in [2.45, 2.75) is 25.7 Å². The Bertz CT molecular complexity index is 466. The van der Waals surface area contributed by atoms with Crippen molar-refractivity contribution >= 4 is 0 Å². The SMILES string of the molecule is C1=CCCCC/C=C/C=C/C=C\C=C\C=C\C=C\C=C/C=C/1. The molecule has 0 saturated carbocycles.